The Balaban J connectivity index is 1.98. The maximum atomic E-state index is 11.6. The average Bonchev–Trinajstić information content (AvgIpc) is 2.76. The van der Waals surface area contributed by atoms with Crippen LogP contribution in [0.2, 0.25) is 0 Å². The first-order chi connectivity index (χ1) is 6.31. The summed E-state index contributed by atoms with van der Waals surface area (Å²) in [6.07, 6.45) is 4.20. The first kappa shape index (κ1) is 7.56. The minimum absolute atomic E-state index is 0.0775. The van der Waals surface area contributed by atoms with Gasteiger partial charge in [0.2, 0.25) is 0 Å². The zero-order valence-electron chi connectivity index (χ0n) is 7.53. The van der Waals surface area contributed by atoms with E-state index in [1.165, 1.54) is 0 Å². The third kappa shape index (κ3) is 0.804. The molecule has 0 aromatic rings. The van der Waals surface area contributed by atoms with E-state index in [0.29, 0.717) is 0 Å². The van der Waals surface area contributed by atoms with Crippen LogP contribution in [-0.2, 0) is 14.3 Å². The summed E-state index contributed by atoms with van der Waals surface area (Å²) in [7, 11) is 1.63. The summed E-state index contributed by atoms with van der Waals surface area (Å²) in [6, 6.07) is 0. The van der Waals surface area contributed by atoms with Gasteiger partial charge in [0.15, 0.2) is 5.78 Å². The largest absolute Gasteiger partial charge is 0.501 e. The quantitative estimate of drug-likeness (QED) is 0.601. The van der Waals surface area contributed by atoms with Crippen LogP contribution in [-0.4, -0.2) is 25.1 Å². The number of fused-ring (bicyclic) bond motifs is 5. The highest BCUT2D eigenvalue weighted by Crippen LogP contribution is 2.50. The normalized spacial score (nSPS) is 46.5. The lowest BCUT2D eigenvalue weighted by atomic mass is 9.80. The van der Waals surface area contributed by atoms with Crippen molar-refractivity contribution in [3.05, 3.63) is 11.8 Å². The Labute approximate surface area is 76.7 Å². The Hall–Kier alpha value is -0.830. The lowest BCUT2D eigenvalue weighted by Crippen LogP contribution is -2.29. The van der Waals surface area contributed by atoms with Crippen LogP contribution in [0.5, 0.6) is 0 Å². The molecule has 1 aliphatic carbocycles. The zero-order chi connectivity index (χ0) is 9.00. The van der Waals surface area contributed by atoms with E-state index in [1.807, 2.05) is 0 Å². The Kier molecular flexibility index (Phi) is 1.37. The predicted molar refractivity (Wildman–Crippen MR) is 45.0 cm³/mol. The third-order valence-electron chi connectivity index (χ3n) is 3.45. The molecule has 3 heteroatoms. The van der Waals surface area contributed by atoms with E-state index in [-0.39, 0.29) is 29.8 Å². The van der Waals surface area contributed by atoms with Gasteiger partial charge in [-0.3, -0.25) is 4.79 Å². The van der Waals surface area contributed by atoms with Crippen LogP contribution < -0.4 is 0 Å². The highest BCUT2D eigenvalue weighted by atomic mass is 16.5. The summed E-state index contributed by atoms with van der Waals surface area (Å²) in [5.74, 6) is 1.35. The number of ketones is 1. The molecular weight excluding hydrogens is 168 g/mol. The molecule has 2 saturated heterocycles. The highest BCUT2D eigenvalue weighted by molar-refractivity contribution is 5.96. The summed E-state index contributed by atoms with van der Waals surface area (Å²) in [6.45, 7) is 0. The topological polar surface area (TPSA) is 35.5 Å². The minimum Gasteiger partial charge on any atom is -0.501 e. The molecule has 3 aliphatic rings. The van der Waals surface area contributed by atoms with E-state index >= 15 is 0 Å². The maximum absolute atomic E-state index is 11.6. The van der Waals surface area contributed by atoms with E-state index in [2.05, 4.69) is 0 Å². The van der Waals surface area contributed by atoms with Gasteiger partial charge < -0.3 is 9.47 Å². The molecule has 2 fully saturated rings. The molecule has 13 heavy (non-hydrogen) atoms. The van der Waals surface area contributed by atoms with E-state index in [1.54, 1.807) is 13.2 Å². The van der Waals surface area contributed by atoms with Crippen molar-refractivity contribution in [3.63, 3.8) is 0 Å². The number of hydrogen-bond donors (Lipinski definition) is 0. The number of methoxy groups -OCH3 is 1. The van der Waals surface area contributed by atoms with Crippen LogP contribution in [0.25, 0.3) is 0 Å². The molecule has 4 atom stereocenters. The Morgan fingerprint density at radius 3 is 2.77 bits per heavy atom. The molecule has 2 aliphatic heterocycles. The highest BCUT2D eigenvalue weighted by Gasteiger charge is 2.56. The molecular formula is C10H12O3. The second kappa shape index (κ2) is 2.35. The number of hydrogen-bond acceptors (Lipinski definition) is 3. The van der Waals surface area contributed by atoms with E-state index in [0.717, 1.165) is 18.6 Å². The van der Waals surface area contributed by atoms with Crippen LogP contribution in [0.3, 0.4) is 0 Å². The monoisotopic (exact) mass is 180 g/mol. The Morgan fingerprint density at radius 1 is 1.38 bits per heavy atom. The molecule has 2 heterocycles. The number of rotatable bonds is 1. The van der Waals surface area contributed by atoms with Crippen molar-refractivity contribution in [3.8, 4) is 0 Å². The molecule has 0 amide bonds. The fourth-order valence-electron chi connectivity index (χ4n) is 2.93. The van der Waals surface area contributed by atoms with Crippen LogP contribution in [0.4, 0.5) is 0 Å². The van der Waals surface area contributed by atoms with Crippen molar-refractivity contribution in [1.82, 2.24) is 0 Å². The van der Waals surface area contributed by atoms with Gasteiger partial charge in [-0.25, -0.2) is 0 Å². The first-order valence-corrected chi connectivity index (χ1v) is 4.76. The van der Waals surface area contributed by atoms with Gasteiger partial charge in [-0.1, -0.05) is 0 Å². The molecule has 3 rings (SSSR count). The van der Waals surface area contributed by atoms with E-state index < -0.39 is 0 Å². The fraction of sp³-hybridized carbons (Fsp3) is 0.700. The summed E-state index contributed by atoms with van der Waals surface area (Å²) >= 11 is 0. The molecule has 3 nitrogen and oxygen atoms in total. The van der Waals surface area contributed by atoms with Gasteiger partial charge in [-0.2, -0.15) is 0 Å². The van der Waals surface area contributed by atoms with Gasteiger partial charge in [-0.05, 0) is 12.8 Å². The van der Waals surface area contributed by atoms with Crippen molar-refractivity contribution in [1.29, 1.82) is 0 Å². The molecule has 0 saturated carbocycles. The molecule has 0 N–H and O–H groups in total. The van der Waals surface area contributed by atoms with Gasteiger partial charge in [0.1, 0.15) is 5.76 Å². The molecule has 0 aromatic carbocycles. The predicted octanol–water partition coefficient (Wildman–Crippen LogP) is 0.893. The molecule has 0 radical (unpaired) electrons. The number of ether oxygens (including phenoxy) is 2. The summed E-state index contributed by atoms with van der Waals surface area (Å²) in [4.78, 5) is 11.6. The van der Waals surface area contributed by atoms with Crippen molar-refractivity contribution < 1.29 is 14.3 Å². The smallest absolute Gasteiger partial charge is 0.165 e. The van der Waals surface area contributed by atoms with Gasteiger partial charge >= 0.3 is 0 Å². The van der Waals surface area contributed by atoms with Crippen LogP contribution in [0, 0.1) is 11.8 Å². The number of allylic oxidation sites excluding steroid dienone is 1. The summed E-state index contributed by atoms with van der Waals surface area (Å²) < 4.78 is 10.9. The molecule has 2 bridgehead atoms. The van der Waals surface area contributed by atoms with Crippen LogP contribution in [0.1, 0.15) is 12.8 Å². The van der Waals surface area contributed by atoms with Gasteiger partial charge in [0.25, 0.3) is 0 Å². The van der Waals surface area contributed by atoms with Crippen LogP contribution >= 0.6 is 0 Å². The van der Waals surface area contributed by atoms with Crippen LogP contribution in [0.15, 0.2) is 11.8 Å². The molecule has 0 aromatic heterocycles. The second-order valence-corrected chi connectivity index (χ2v) is 4.00. The fourth-order valence-corrected chi connectivity index (χ4v) is 2.93. The Morgan fingerprint density at radius 2 is 2.08 bits per heavy atom. The number of carbonyl (C=O) groups excluding carboxylic acids is 1. The average molecular weight is 180 g/mol. The van der Waals surface area contributed by atoms with Gasteiger partial charge in [0, 0.05) is 6.08 Å². The standard InChI is InChI=1S/C10H12O3/c1-12-8-4-5(11)9-6-2-3-7(13-6)10(8)9/h4,6-7,9-10H,2-3H2,1H3/t6-,7+,9-,10-/m0/s1. The van der Waals surface area contributed by atoms with Crippen molar-refractivity contribution >= 4 is 5.78 Å². The van der Waals surface area contributed by atoms with Gasteiger partial charge in [-0.15, -0.1) is 0 Å². The molecule has 0 spiro atoms. The van der Waals surface area contributed by atoms with Crippen molar-refractivity contribution in [2.45, 2.75) is 25.0 Å². The zero-order valence-corrected chi connectivity index (χ0v) is 7.53. The first-order valence-electron chi connectivity index (χ1n) is 4.76. The maximum Gasteiger partial charge on any atom is 0.165 e. The number of carbonyl (C=O) groups is 1. The van der Waals surface area contributed by atoms with E-state index in [4.69, 9.17) is 9.47 Å². The minimum atomic E-state index is 0.0775. The second-order valence-electron chi connectivity index (χ2n) is 4.00. The summed E-state index contributed by atoms with van der Waals surface area (Å²) in [5.41, 5.74) is 0. The van der Waals surface area contributed by atoms with E-state index in [9.17, 15) is 4.79 Å². The molecule has 70 valence electrons. The molecule has 0 unspecified atom stereocenters. The van der Waals surface area contributed by atoms with Crippen molar-refractivity contribution in [2.24, 2.45) is 11.8 Å². The lowest BCUT2D eigenvalue weighted by molar-refractivity contribution is -0.119. The van der Waals surface area contributed by atoms with Gasteiger partial charge in [0.05, 0.1) is 31.2 Å². The van der Waals surface area contributed by atoms with Crippen molar-refractivity contribution in [2.75, 3.05) is 7.11 Å². The SMILES string of the molecule is COC1=CC(=O)[C@@H]2[C@H]1[C@H]1CC[C@@H]2O1. The lowest BCUT2D eigenvalue weighted by Gasteiger charge is -2.21. The summed E-state index contributed by atoms with van der Waals surface area (Å²) in [5, 5.41) is 0. The third-order valence-corrected chi connectivity index (χ3v) is 3.45. The Bertz CT molecular complexity index is 295.